The average molecular weight is 213 g/mol. The van der Waals surface area contributed by atoms with Gasteiger partial charge in [0, 0.05) is 27.2 Å². The number of carbonyl (C=O) groups excluding carboxylic acids is 1. The molecule has 2 rings (SSSR count). The molecule has 0 bridgehead atoms. The van der Waals surface area contributed by atoms with Crippen molar-refractivity contribution in [1.82, 2.24) is 0 Å². The Balaban J connectivity index is 2.50. The van der Waals surface area contributed by atoms with Crippen molar-refractivity contribution in [3.05, 3.63) is 28.8 Å². The zero-order chi connectivity index (χ0) is 9.42. The first kappa shape index (κ1) is 9.10. The summed E-state index contributed by atoms with van der Waals surface area (Å²) in [6, 6.07) is 5.46. The van der Waals surface area contributed by atoms with E-state index in [1.807, 2.05) is 19.1 Å². The Kier molecular flexibility index (Phi) is 2.35. The monoisotopic (exact) mass is 212 g/mol. The third-order valence-corrected chi connectivity index (χ3v) is 3.70. The molecule has 0 aromatic heterocycles. The summed E-state index contributed by atoms with van der Waals surface area (Å²) in [5, 5.41) is 0.702. The molecule has 0 amide bonds. The molecule has 0 saturated heterocycles. The van der Waals surface area contributed by atoms with E-state index in [1.165, 1.54) is 0 Å². The van der Waals surface area contributed by atoms with Crippen LogP contribution < -0.4 is 0 Å². The van der Waals surface area contributed by atoms with E-state index in [4.69, 9.17) is 11.6 Å². The summed E-state index contributed by atoms with van der Waals surface area (Å²) in [4.78, 5) is 12.7. The molecule has 0 aliphatic carbocycles. The first-order valence-electron chi connectivity index (χ1n) is 4.15. The molecule has 1 nitrogen and oxygen atoms in total. The molecule has 1 aliphatic heterocycles. The second-order valence-corrected chi connectivity index (χ2v) is 4.72. The maximum Gasteiger partial charge on any atom is 0.167 e. The lowest BCUT2D eigenvalue weighted by atomic mass is 10.0. The molecule has 0 fully saturated rings. The zero-order valence-corrected chi connectivity index (χ0v) is 8.78. The zero-order valence-electron chi connectivity index (χ0n) is 7.21. The highest BCUT2D eigenvalue weighted by Gasteiger charge is 2.24. The van der Waals surface area contributed by atoms with Gasteiger partial charge in [-0.2, -0.15) is 0 Å². The first-order chi connectivity index (χ1) is 6.18. The number of halogens is 1. The lowest BCUT2D eigenvalue weighted by molar-refractivity contribution is 0.0936. The highest BCUT2D eigenvalue weighted by molar-refractivity contribution is 7.99. The fourth-order valence-electron chi connectivity index (χ4n) is 1.38. The van der Waals surface area contributed by atoms with Gasteiger partial charge in [-0.05, 0) is 18.2 Å². The smallest absolute Gasteiger partial charge is 0.167 e. The summed E-state index contributed by atoms with van der Waals surface area (Å²) in [6.07, 6.45) is 0. The van der Waals surface area contributed by atoms with Gasteiger partial charge in [0.1, 0.15) is 0 Å². The van der Waals surface area contributed by atoms with Crippen LogP contribution in [0.5, 0.6) is 0 Å². The lowest BCUT2D eigenvalue weighted by Gasteiger charge is -2.19. The minimum absolute atomic E-state index is 0.138. The van der Waals surface area contributed by atoms with Crippen molar-refractivity contribution < 1.29 is 4.79 Å². The van der Waals surface area contributed by atoms with Crippen molar-refractivity contribution in [1.29, 1.82) is 0 Å². The Morgan fingerprint density at radius 2 is 2.31 bits per heavy atom. The van der Waals surface area contributed by atoms with E-state index in [0.29, 0.717) is 5.02 Å². The SMILES string of the molecule is CC1CSc2cc(Cl)ccc2C1=O. The molecule has 1 aromatic rings. The average Bonchev–Trinajstić information content (AvgIpc) is 2.12. The lowest BCUT2D eigenvalue weighted by Crippen LogP contribution is -2.18. The van der Waals surface area contributed by atoms with Crippen molar-refractivity contribution in [2.75, 3.05) is 5.75 Å². The number of hydrogen-bond acceptors (Lipinski definition) is 2. The normalized spacial score (nSPS) is 21.4. The Bertz CT molecular complexity index is 362. The van der Waals surface area contributed by atoms with Crippen LogP contribution in [0.1, 0.15) is 17.3 Å². The van der Waals surface area contributed by atoms with E-state index < -0.39 is 0 Å². The summed E-state index contributed by atoms with van der Waals surface area (Å²) in [5.74, 6) is 1.25. The van der Waals surface area contributed by atoms with Crippen molar-refractivity contribution >= 4 is 29.1 Å². The second kappa shape index (κ2) is 3.35. The predicted octanol–water partition coefficient (Wildman–Crippen LogP) is 3.26. The number of benzene rings is 1. The summed E-state index contributed by atoms with van der Waals surface area (Å²) >= 11 is 7.55. The van der Waals surface area contributed by atoms with Crippen molar-refractivity contribution in [2.45, 2.75) is 11.8 Å². The maximum atomic E-state index is 11.7. The second-order valence-electron chi connectivity index (χ2n) is 3.22. The quantitative estimate of drug-likeness (QED) is 0.657. The number of hydrogen-bond donors (Lipinski definition) is 0. The fraction of sp³-hybridized carbons (Fsp3) is 0.300. The maximum absolute atomic E-state index is 11.7. The van der Waals surface area contributed by atoms with Crippen LogP contribution in [0.3, 0.4) is 0 Å². The molecule has 1 unspecified atom stereocenters. The molecule has 3 heteroatoms. The van der Waals surface area contributed by atoms with Crippen LogP contribution in [-0.4, -0.2) is 11.5 Å². The van der Waals surface area contributed by atoms with Gasteiger partial charge in [-0.3, -0.25) is 4.79 Å². The fourth-order valence-corrected chi connectivity index (χ4v) is 2.73. The van der Waals surface area contributed by atoms with Crippen LogP contribution in [-0.2, 0) is 0 Å². The van der Waals surface area contributed by atoms with Gasteiger partial charge in [0.25, 0.3) is 0 Å². The number of carbonyl (C=O) groups is 1. The molecule has 13 heavy (non-hydrogen) atoms. The standard InChI is InChI=1S/C10H9ClOS/c1-6-5-13-9-4-7(11)2-3-8(9)10(6)12/h2-4,6H,5H2,1H3. The van der Waals surface area contributed by atoms with E-state index >= 15 is 0 Å². The van der Waals surface area contributed by atoms with Crippen LogP contribution >= 0.6 is 23.4 Å². The summed E-state index contributed by atoms with van der Waals surface area (Å²) in [6.45, 7) is 1.97. The van der Waals surface area contributed by atoms with Crippen LogP contribution in [0.2, 0.25) is 5.02 Å². The number of ketones is 1. The highest BCUT2D eigenvalue weighted by Crippen LogP contribution is 2.34. The van der Waals surface area contributed by atoms with Gasteiger partial charge < -0.3 is 0 Å². The van der Waals surface area contributed by atoms with Gasteiger partial charge in [-0.15, -0.1) is 11.8 Å². The van der Waals surface area contributed by atoms with E-state index in [1.54, 1.807) is 17.8 Å². The minimum atomic E-state index is 0.138. The Morgan fingerprint density at radius 1 is 1.54 bits per heavy atom. The van der Waals surface area contributed by atoms with Gasteiger partial charge >= 0.3 is 0 Å². The molecule has 1 atom stereocenters. The number of Topliss-reactive ketones (excluding diaryl/α,β-unsaturated/α-hetero) is 1. The van der Waals surface area contributed by atoms with Crippen molar-refractivity contribution in [2.24, 2.45) is 5.92 Å². The Labute approximate surface area is 86.5 Å². The van der Waals surface area contributed by atoms with E-state index in [0.717, 1.165) is 16.2 Å². The minimum Gasteiger partial charge on any atom is -0.294 e. The van der Waals surface area contributed by atoms with E-state index in [9.17, 15) is 4.79 Å². The number of rotatable bonds is 0. The highest BCUT2D eigenvalue weighted by atomic mass is 35.5. The molecule has 0 spiro atoms. The Hall–Kier alpha value is -0.470. The molecular weight excluding hydrogens is 204 g/mol. The molecule has 1 heterocycles. The van der Waals surface area contributed by atoms with Gasteiger partial charge in [0.05, 0.1) is 0 Å². The van der Waals surface area contributed by atoms with Crippen molar-refractivity contribution in [3.63, 3.8) is 0 Å². The summed E-state index contributed by atoms with van der Waals surface area (Å²) < 4.78 is 0. The summed E-state index contributed by atoms with van der Waals surface area (Å²) in [7, 11) is 0. The van der Waals surface area contributed by atoms with Gasteiger partial charge in [-0.1, -0.05) is 18.5 Å². The number of fused-ring (bicyclic) bond motifs is 1. The molecule has 0 N–H and O–H groups in total. The van der Waals surface area contributed by atoms with E-state index in [-0.39, 0.29) is 11.7 Å². The van der Waals surface area contributed by atoms with Crippen molar-refractivity contribution in [3.8, 4) is 0 Å². The molecule has 68 valence electrons. The topological polar surface area (TPSA) is 17.1 Å². The molecule has 1 aliphatic rings. The third kappa shape index (κ3) is 1.61. The van der Waals surface area contributed by atoms with E-state index in [2.05, 4.69) is 0 Å². The van der Waals surface area contributed by atoms with Gasteiger partial charge in [-0.25, -0.2) is 0 Å². The molecular formula is C10H9ClOS. The van der Waals surface area contributed by atoms with Crippen LogP contribution in [0, 0.1) is 5.92 Å². The molecule has 0 radical (unpaired) electrons. The third-order valence-electron chi connectivity index (χ3n) is 2.15. The largest absolute Gasteiger partial charge is 0.294 e. The van der Waals surface area contributed by atoms with Gasteiger partial charge in [0.2, 0.25) is 0 Å². The summed E-state index contributed by atoms with van der Waals surface area (Å²) in [5.41, 5.74) is 0.827. The van der Waals surface area contributed by atoms with Crippen LogP contribution in [0.4, 0.5) is 0 Å². The molecule has 0 saturated carbocycles. The number of thioether (sulfide) groups is 1. The van der Waals surface area contributed by atoms with Crippen LogP contribution in [0.25, 0.3) is 0 Å². The predicted molar refractivity (Wildman–Crippen MR) is 55.7 cm³/mol. The van der Waals surface area contributed by atoms with Crippen LogP contribution in [0.15, 0.2) is 23.1 Å². The molecule has 1 aromatic carbocycles. The first-order valence-corrected chi connectivity index (χ1v) is 5.51. The van der Waals surface area contributed by atoms with Gasteiger partial charge in [0.15, 0.2) is 5.78 Å². The Morgan fingerprint density at radius 3 is 3.08 bits per heavy atom.